The molecule has 1 saturated heterocycles. The maximum Gasteiger partial charge on any atom is 0.226 e. The molecule has 0 bridgehead atoms. The zero-order chi connectivity index (χ0) is 22.5. The van der Waals surface area contributed by atoms with Gasteiger partial charge in [-0.15, -0.1) is 0 Å². The summed E-state index contributed by atoms with van der Waals surface area (Å²) in [6.07, 6.45) is 5.54. The maximum atomic E-state index is 13.3. The fraction of sp³-hybridized carbons (Fsp3) is 0.333. The Hall–Kier alpha value is -3.55. The van der Waals surface area contributed by atoms with Crippen molar-refractivity contribution in [2.75, 3.05) is 25.4 Å². The van der Waals surface area contributed by atoms with Crippen molar-refractivity contribution in [3.63, 3.8) is 0 Å². The van der Waals surface area contributed by atoms with Crippen LogP contribution in [0.25, 0.3) is 11.1 Å². The molecule has 1 atom stereocenters. The highest BCUT2D eigenvalue weighted by atomic mass is 19.1. The van der Waals surface area contributed by atoms with Gasteiger partial charge in [0.2, 0.25) is 11.9 Å². The maximum absolute atomic E-state index is 13.3. The number of aryl methyl sites for hydroxylation is 1. The summed E-state index contributed by atoms with van der Waals surface area (Å²) in [5, 5.41) is 0. The minimum absolute atomic E-state index is 0.0333. The lowest BCUT2D eigenvalue weighted by Gasteiger charge is -2.33. The van der Waals surface area contributed by atoms with Crippen LogP contribution in [0.3, 0.4) is 0 Å². The van der Waals surface area contributed by atoms with Gasteiger partial charge in [-0.05, 0) is 49.6 Å². The topological polar surface area (TPSA) is 94.2 Å². The van der Waals surface area contributed by atoms with Crippen molar-refractivity contribution < 1.29 is 13.9 Å². The van der Waals surface area contributed by atoms with E-state index in [-0.39, 0.29) is 36.6 Å². The first-order valence-corrected chi connectivity index (χ1v) is 10.7. The minimum Gasteiger partial charge on any atom is -0.493 e. The van der Waals surface area contributed by atoms with Gasteiger partial charge >= 0.3 is 0 Å². The second kappa shape index (κ2) is 9.72. The lowest BCUT2D eigenvalue weighted by atomic mass is 9.92. The van der Waals surface area contributed by atoms with Crippen molar-refractivity contribution in [2.45, 2.75) is 32.1 Å². The molecule has 0 saturated carbocycles. The number of pyridine rings is 1. The van der Waals surface area contributed by atoms with Gasteiger partial charge in [0.1, 0.15) is 11.6 Å². The van der Waals surface area contributed by atoms with Crippen LogP contribution in [0, 0.1) is 12.7 Å². The third kappa shape index (κ3) is 5.38. The van der Waals surface area contributed by atoms with Gasteiger partial charge in [0.25, 0.3) is 0 Å². The predicted molar refractivity (Wildman–Crippen MR) is 119 cm³/mol. The Balaban J connectivity index is 1.40. The summed E-state index contributed by atoms with van der Waals surface area (Å²) in [7, 11) is 0. The zero-order valence-corrected chi connectivity index (χ0v) is 18.0. The Bertz CT molecular complexity index is 1090. The number of carbonyl (C=O) groups excluding carboxylic acids is 1. The van der Waals surface area contributed by atoms with Crippen LogP contribution in [-0.2, 0) is 4.79 Å². The molecule has 1 aliphatic heterocycles. The first-order valence-electron chi connectivity index (χ1n) is 10.7. The number of hydrogen-bond donors (Lipinski definition) is 1. The Morgan fingerprint density at radius 1 is 1.22 bits per heavy atom. The van der Waals surface area contributed by atoms with Crippen LogP contribution < -0.4 is 10.5 Å². The number of aromatic nitrogens is 3. The average molecular weight is 436 g/mol. The van der Waals surface area contributed by atoms with E-state index in [0.29, 0.717) is 12.3 Å². The number of rotatable bonds is 6. The van der Waals surface area contributed by atoms with E-state index in [0.717, 1.165) is 41.9 Å². The molecular weight excluding hydrogens is 409 g/mol. The Kier molecular flexibility index (Phi) is 6.58. The van der Waals surface area contributed by atoms with E-state index in [1.165, 1.54) is 12.1 Å². The second-order valence-electron chi connectivity index (χ2n) is 7.99. The number of amides is 1. The van der Waals surface area contributed by atoms with Crippen LogP contribution in [0.5, 0.6) is 5.75 Å². The summed E-state index contributed by atoms with van der Waals surface area (Å²) >= 11 is 0. The summed E-state index contributed by atoms with van der Waals surface area (Å²) in [5.41, 5.74) is 9.33. The monoisotopic (exact) mass is 435 g/mol. The molecule has 3 aromatic rings. The van der Waals surface area contributed by atoms with E-state index in [1.807, 2.05) is 24.0 Å². The quantitative estimate of drug-likeness (QED) is 0.634. The Labute approximate surface area is 186 Å². The van der Waals surface area contributed by atoms with Crippen molar-refractivity contribution in [1.29, 1.82) is 0 Å². The number of hydrogen-bond acceptors (Lipinski definition) is 6. The van der Waals surface area contributed by atoms with Gasteiger partial charge in [-0.2, -0.15) is 0 Å². The first-order chi connectivity index (χ1) is 15.5. The highest BCUT2D eigenvalue weighted by Crippen LogP contribution is 2.29. The van der Waals surface area contributed by atoms with Crippen LogP contribution in [0.2, 0.25) is 0 Å². The summed E-state index contributed by atoms with van der Waals surface area (Å²) in [6, 6.07) is 9.98. The van der Waals surface area contributed by atoms with E-state index in [9.17, 15) is 9.18 Å². The molecule has 0 aliphatic carbocycles. The largest absolute Gasteiger partial charge is 0.493 e. The Morgan fingerprint density at radius 2 is 2.03 bits per heavy atom. The summed E-state index contributed by atoms with van der Waals surface area (Å²) in [6.45, 7) is 3.51. The third-order valence-electron chi connectivity index (χ3n) is 5.55. The summed E-state index contributed by atoms with van der Waals surface area (Å²) in [4.78, 5) is 27.5. The molecule has 0 spiro atoms. The number of nitrogens with two attached hydrogens (primary N) is 1. The number of halogens is 1. The van der Waals surface area contributed by atoms with Crippen LogP contribution in [-0.4, -0.2) is 45.5 Å². The third-order valence-corrected chi connectivity index (χ3v) is 5.55. The molecule has 0 radical (unpaired) electrons. The fourth-order valence-corrected chi connectivity index (χ4v) is 3.97. The number of benzene rings is 1. The van der Waals surface area contributed by atoms with Crippen molar-refractivity contribution in [1.82, 2.24) is 19.9 Å². The minimum atomic E-state index is -0.358. The molecule has 32 heavy (non-hydrogen) atoms. The van der Waals surface area contributed by atoms with Gasteiger partial charge in [0.15, 0.2) is 0 Å². The molecular formula is C24H26FN5O2. The lowest BCUT2D eigenvalue weighted by molar-refractivity contribution is -0.132. The van der Waals surface area contributed by atoms with E-state index in [2.05, 4.69) is 9.97 Å². The van der Waals surface area contributed by atoms with E-state index < -0.39 is 0 Å². The molecule has 3 heterocycles. The molecule has 1 aliphatic rings. The van der Waals surface area contributed by atoms with Crippen LogP contribution >= 0.6 is 0 Å². The standard InChI is InChI=1S/C24H26FN5O2/c1-16-10-18(19-13-27-24(26)28-14-19)11-22(29-16)17-4-3-8-30(15-17)23(31)7-9-32-21-6-2-5-20(25)12-21/h2,5-6,10-14,17H,3-4,7-9,15H2,1H3,(H2,26,27,28). The fourth-order valence-electron chi connectivity index (χ4n) is 3.97. The summed E-state index contributed by atoms with van der Waals surface area (Å²) in [5.74, 6) is 0.499. The molecule has 1 unspecified atom stereocenters. The van der Waals surface area contributed by atoms with E-state index in [4.69, 9.17) is 15.5 Å². The highest BCUT2D eigenvalue weighted by Gasteiger charge is 2.26. The number of carbonyl (C=O) groups is 1. The molecule has 1 aromatic carbocycles. The lowest BCUT2D eigenvalue weighted by Crippen LogP contribution is -2.39. The van der Waals surface area contributed by atoms with Crippen LogP contribution in [0.1, 0.15) is 36.6 Å². The van der Waals surface area contributed by atoms with Crippen molar-refractivity contribution >= 4 is 11.9 Å². The molecule has 4 rings (SSSR count). The Morgan fingerprint density at radius 3 is 2.81 bits per heavy atom. The number of ether oxygens (including phenoxy) is 1. The first kappa shape index (κ1) is 21.7. The predicted octanol–water partition coefficient (Wildman–Crippen LogP) is 3.74. The highest BCUT2D eigenvalue weighted by molar-refractivity contribution is 5.76. The van der Waals surface area contributed by atoms with Crippen LogP contribution in [0.15, 0.2) is 48.8 Å². The molecule has 166 valence electrons. The SMILES string of the molecule is Cc1cc(-c2cnc(N)nc2)cc(C2CCCN(C(=O)CCOc3cccc(F)c3)C2)n1. The van der Waals surface area contributed by atoms with Gasteiger partial charge in [-0.3, -0.25) is 9.78 Å². The van der Waals surface area contributed by atoms with Gasteiger partial charge < -0.3 is 15.4 Å². The number of piperidine rings is 1. The summed E-state index contributed by atoms with van der Waals surface area (Å²) < 4.78 is 18.8. The normalized spacial score (nSPS) is 16.1. The number of anilines is 1. The second-order valence-corrected chi connectivity index (χ2v) is 7.99. The average Bonchev–Trinajstić information content (AvgIpc) is 2.79. The van der Waals surface area contributed by atoms with Gasteiger partial charge in [-0.1, -0.05) is 6.07 Å². The molecule has 1 amide bonds. The van der Waals surface area contributed by atoms with Gasteiger partial charge in [0, 0.05) is 54.4 Å². The molecule has 2 N–H and O–H groups in total. The van der Waals surface area contributed by atoms with Crippen molar-refractivity contribution in [3.8, 4) is 16.9 Å². The molecule has 2 aromatic heterocycles. The van der Waals surface area contributed by atoms with Gasteiger partial charge in [-0.25, -0.2) is 14.4 Å². The number of likely N-dealkylation sites (tertiary alicyclic amines) is 1. The van der Waals surface area contributed by atoms with E-state index in [1.54, 1.807) is 24.5 Å². The van der Waals surface area contributed by atoms with Crippen LogP contribution in [0.4, 0.5) is 10.3 Å². The van der Waals surface area contributed by atoms with Gasteiger partial charge in [0.05, 0.1) is 13.0 Å². The van der Waals surface area contributed by atoms with Crippen molar-refractivity contribution in [3.05, 3.63) is 66.0 Å². The molecule has 1 fully saturated rings. The van der Waals surface area contributed by atoms with Crippen molar-refractivity contribution in [2.24, 2.45) is 0 Å². The number of nitrogens with zero attached hydrogens (tertiary/aromatic N) is 4. The molecule has 7 nitrogen and oxygen atoms in total. The smallest absolute Gasteiger partial charge is 0.226 e. The number of nitrogen functional groups attached to an aromatic ring is 1. The van der Waals surface area contributed by atoms with E-state index >= 15 is 0 Å². The zero-order valence-electron chi connectivity index (χ0n) is 18.0. The molecule has 8 heteroatoms.